The maximum absolute atomic E-state index is 12.9. The molecule has 3 N–H and O–H groups in total. The third-order valence-electron chi connectivity index (χ3n) is 6.88. The van der Waals surface area contributed by atoms with Crippen molar-refractivity contribution in [2.45, 2.75) is 25.8 Å². The van der Waals surface area contributed by atoms with Gasteiger partial charge in [-0.15, -0.1) is 0 Å². The van der Waals surface area contributed by atoms with Crippen LogP contribution in [-0.4, -0.2) is 33.1 Å². The predicted octanol–water partition coefficient (Wildman–Crippen LogP) is 6.03. The molecule has 0 saturated carbocycles. The Morgan fingerprint density at radius 3 is 2.26 bits per heavy atom. The summed E-state index contributed by atoms with van der Waals surface area (Å²) in [7, 11) is 0. The standard InChI is InChI=1S/C29H27N3O2/c33-24-8-5-20(6-9-24)21-7-11-27-23(15-21)16-25(29(34)31-27)28-17-22-14-19(4-10-26(22)30-28)18-32-12-2-1-3-13-32/h4-11,14-17,30,33H,1-3,12-13,18H2,(H,31,34). The maximum Gasteiger partial charge on any atom is 0.257 e. The molecule has 0 radical (unpaired) electrons. The van der Waals surface area contributed by atoms with Crippen molar-refractivity contribution < 1.29 is 5.11 Å². The second-order valence-corrected chi connectivity index (χ2v) is 9.30. The van der Waals surface area contributed by atoms with Crippen LogP contribution in [0.2, 0.25) is 0 Å². The first-order valence-corrected chi connectivity index (χ1v) is 11.9. The number of fused-ring (bicyclic) bond motifs is 2. The summed E-state index contributed by atoms with van der Waals surface area (Å²) < 4.78 is 0. The molecular formula is C29H27N3O2. The van der Waals surface area contributed by atoms with Gasteiger partial charge in [0.15, 0.2) is 0 Å². The number of benzene rings is 3. The molecule has 0 unspecified atom stereocenters. The van der Waals surface area contributed by atoms with Gasteiger partial charge in [-0.05, 0) is 96.5 Å². The summed E-state index contributed by atoms with van der Waals surface area (Å²) in [4.78, 5) is 21.9. The molecule has 0 amide bonds. The third-order valence-corrected chi connectivity index (χ3v) is 6.88. The normalized spacial score (nSPS) is 14.7. The van der Waals surface area contributed by atoms with E-state index in [1.807, 2.05) is 30.3 Å². The molecule has 0 spiro atoms. The molecule has 1 saturated heterocycles. The zero-order valence-corrected chi connectivity index (χ0v) is 19.0. The Bertz CT molecular complexity index is 1540. The van der Waals surface area contributed by atoms with Gasteiger partial charge in [-0.2, -0.15) is 0 Å². The van der Waals surface area contributed by atoms with Gasteiger partial charge in [0, 0.05) is 23.0 Å². The Morgan fingerprint density at radius 2 is 1.44 bits per heavy atom. The second-order valence-electron chi connectivity index (χ2n) is 9.30. The largest absolute Gasteiger partial charge is 0.508 e. The monoisotopic (exact) mass is 449 g/mol. The number of hydrogen-bond acceptors (Lipinski definition) is 3. The highest BCUT2D eigenvalue weighted by Gasteiger charge is 2.13. The van der Waals surface area contributed by atoms with E-state index in [2.05, 4.69) is 45.2 Å². The van der Waals surface area contributed by atoms with E-state index in [4.69, 9.17) is 0 Å². The van der Waals surface area contributed by atoms with Crippen LogP contribution < -0.4 is 5.56 Å². The molecule has 1 aliphatic heterocycles. The van der Waals surface area contributed by atoms with Gasteiger partial charge in [0.1, 0.15) is 5.75 Å². The summed E-state index contributed by atoms with van der Waals surface area (Å²) in [5, 5.41) is 11.7. The van der Waals surface area contributed by atoms with Crippen molar-refractivity contribution in [3.8, 4) is 28.1 Å². The topological polar surface area (TPSA) is 72.1 Å². The smallest absolute Gasteiger partial charge is 0.257 e. The lowest BCUT2D eigenvalue weighted by atomic mass is 10.0. The summed E-state index contributed by atoms with van der Waals surface area (Å²) >= 11 is 0. The number of rotatable bonds is 4. The van der Waals surface area contributed by atoms with Crippen LogP contribution in [-0.2, 0) is 6.54 Å². The minimum Gasteiger partial charge on any atom is -0.508 e. The average Bonchev–Trinajstić information content (AvgIpc) is 3.28. The highest BCUT2D eigenvalue weighted by atomic mass is 16.3. The average molecular weight is 450 g/mol. The summed E-state index contributed by atoms with van der Waals surface area (Å²) in [5.41, 5.74) is 6.54. The molecule has 6 rings (SSSR count). The number of phenols is 1. The third kappa shape index (κ3) is 3.99. The van der Waals surface area contributed by atoms with Crippen LogP contribution in [0.25, 0.3) is 44.2 Å². The summed E-state index contributed by atoms with van der Waals surface area (Å²) in [6.07, 6.45) is 3.92. The first-order chi connectivity index (χ1) is 16.6. The van der Waals surface area contributed by atoms with Gasteiger partial charge < -0.3 is 15.1 Å². The number of aromatic hydroxyl groups is 1. The fourth-order valence-corrected chi connectivity index (χ4v) is 5.04. The second kappa shape index (κ2) is 8.50. The summed E-state index contributed by atoms with van der Waals surface area (Å²) in [6.45, 7) is 3.33. The molecule has 1 fully saturated rings. The number of nitrogens with zero attached hydrogens (tertiary/aromatic N) is 1. The number of likely N-dealkylation sites (tertiary alicyclic amines) is 1. The minimum absolute atomic E-state index is 0.107. The van der Waals surface area contributed by atoms with Crippen LogP contribution in [0.1, 0.15) is 24.8 Å². The lowest BCUT2D eigenvalue weighted by molar-refractivity contribution is 0.221. The molecular weight excluding hydrogens is 422 g/mol. The molecule has 5 heteroatoms. The van der Waals surface area contributed by atoms with Crippen molar-refractivity contribution in [2.24, 2.45) is 0 Å². The number of hydrogen-bond donors (Lipinski definition) is 3. The van der Waals surface area contributed by atoms with Crippen LogP contribution in [0.3, 0.4) is 0 Å². The van der Waals surface area contributed by atoms with E-state index in [0.717, 1.165) is 45.2 Å². The predicted molar refractivity (Wildman–Crippen MR) is 138 cm³/mol. The molecule has 1 aliphatic rings. The van der Waals surface area contributed by atoms with E-state index in [9.17, 15) is 9.90 Å². The lowest BCUT2D eigenvalue weighted by Gasteiger charge is -2.26. The molecule has 3 aromatic carbocycles. The SMILES string of the molecule is O=c1[nH]c2ccc(-c3ccc(O)cc3)cc2cc1-c1cc2cc(CN3CCCCC3)ccc2[nH]1. The molecule has 34 heavy (non-hydrogen) atoms. The molecule has 0 bridgehead atoms. The van der Waals surface area contributed by atoms with Crippen molar-refractivity contribution in [1.82, 2.24) is 14.9 Å². The number of pyridine rings is 1. The van der Waals surface area contributed by atoms with Crippen molar-refractivity contribution >= 4 is 21.8 Å². The Balaban J connectivity index is 1.36. The Kier molecular flexibility index (Phi) is 5.19. The van der Waals surface area contributed by atoms with E-state index >= 15 is 0 Å². The summed E-state index contributed by atoms with van der Waals surface area (Å²) in [6, 6.07) is 23.7. The van der Waals surface area contributed by atoms with Gasteiger partial charge in [0.2, 0.25) is 0 Å². The molecule has 3 heterocycles. The van der Waals surface area contributed by atoms with Crippen LogP contribution in [0.4, 0.5) is 0 Å². The minimum atomic E-state index is -0.107. The number of nitrogens with one attached hydrogen (secondary N) is 2. The molecule has 5 nitrogen and oxygen atoms in total. The fourth-order valence-electron chi connectivity index (χ4n) is 5.04. The number of phenolic OH excluding ortho intramolecular Hbond substituents is 1. The van der Waals surface area contributed by atoms with E-state index in [0.29, 0.717) is 5.56 Å². The summed E-state index contributed by atoms with van der Waals surface area (Å²) in [5.74, 6) is 0.244. The van der Waals surface area contributed by atoms with Crippen molar-refractivity contribution in [3.05, 3.63) is 88.7 Å². The highest BCUT2D eigenvalue weighted by Crippen LogP contribution is 2.28. The zero-order chi connectivity index (χ0) is 23.1. The zero-order valence-electron chi connectivity index (χ0n) is 19.0. The quantitative estimate of drug-likeness (QED) is 0.313. The van der Waals surface area contributed by atoms with Crippen LogP contribution in [0.5, 0.6) is 5.75 Å². The van der Waals surface area contributed by atoms with Gasteiger partial charge >= 0.3 is 0 Å². The molecule has 170 valence electrons. The lowest BCUT2D eigenvalue weighted by Crippen LogP contribution is -2.28. The van der Waals surface area contributed by atoms with Crippen molar-refractivity contribution in [1.29, 1.82) is 0 Å². The van der Waals surface area contributed by atoms with Gasteiger partial charge in [-0.1, -0.05) is 30.7 Å². The van der Waals surface area contributed by atoms with E-state index in [-0.39, 0.29) is 11.3 Å². The fraction of sp³-hybridized carbons (Fsp3) is 0.207. The van der Waals surface area contributed by atoms with E-state index < -0.39 is 0 Å². The molecule has 0 aliphatic carbocycles. The van der Waals surface area contributed by atoms with Crippen LogP contribution in [0.15, 0.2) is 77.6 Å². The van der Waals surface area contributed by atoms with E-state index in [1.54, 1.807) is 12.1 Å². The van der Waals surface area contributed by atoms with Gasteiger partial charge in [-0.25, -0.2) is 0 Å². The van der Waals surface area contributed by atoms with Crippen molar-refractivity contribution in [2.75, 3.05) is 13.1 Å². The van der Waals surface area contributed by atoms with Gasteiger partial charge in [-0.3, -0.25) is 9.69 Å². The Morgan fingerprint density at radius 1 is 0.735 bits per heavy atom. The van der Waals surface area contributed by atoms with Crippen molar-refractivity contribution in [3.63, 3.8) is 0 Å². The number of piperidine rings is 1. The van der Waals surface area contributed by atoms with Gasteiger partial charge in [0.25, 0.3) is 5.56 Å². The first-order valence-electron chi connectivity index (χ1n) is 11.9. The number of aromatic amines is 2. The van der Waals surface area contributed by atoms with E-state index in [1.165, 1.54) is 37.9 Å². The van der Waals surface area contributed by atoms with Crippen LogP contribution >= 0.6 is 0 Å². The Labute approximate surface area is 197 Å². The highest BCUT2D eigenvalue weighted by molar-refractivity contribution is 5.90. The molecule has 2 aromatic heterocycles. The number of aromatic nitrogens is 2. The number of H-pyrrole nitrogens is 2. The van der Waals surface area contributed by atoms with Crippen LogP contribution in [0, 0.1) is 0 Å². The first kappa shape index (κ1) is 20.8. The maximum atomic E-state index is 12.9. The molecule has 5 aromatic rings. The molecule has 0 atom stereocenters. The Hall–Kier alpha value is -3.83. The van der Waals surface area contributed by atoms with Gasteiger partial charge in [0.05, 0.1) is 11.3 Å².